The summed E-state index contributed by atoms with van der Waals surface area (Å²) in [6, 6.07) is 11.1. The molecule has 0 unspecified atom stereocenters. The summed E-state index contributed by atoms with van der Waals surface area (Å²) in [6.45, 7) is 5.04. The van der Waals surface area contributed by atoms with Gasteiger partial charge in [0.25, 0.3) is 5.91 Å². The van der Waals surface area contributed by atoms with Gasteiger partial charge in [-0.3, -0.25) is 14.7 Å². The lowest BCUT2D eigenvalue weighted by Gasteiger charge is -2.41. The molecule has 1 N–H and O–H groups in total. The number of morpholine rings is 1. The lowest BCUT2D eigenvalue weighted by atomic mass is 9.71. The van der Waals surface area contributed by atoms with E-state index in [2.05, 4.69) is 26.4 Å². The Morgan fingerprint density at radius 1 is 1.10 bits per heavy atom. The van der Waals surface area contributed by atoms with Crippen LogP contribution >= 0.6 is 0 Å². The number of nitriles is 1. The number of rotatable bonds is 5. The van der Waals surface area contributed by atoms with Gasteiger partial charge in [0.15, 0.2) is 0 Å². The molecule has 3 heterocycles. The first kappa shape index (κ1) is 26.8. The Morgan fingerprint density at radius 2 is 1.79 bits per heavy atom. The van der Waals surface area contributed by atoms with Crippen molar-refractivity contribution >= 4 is 11.6 Å². The average Bonchev–Trinajstić information content (AvgIpc) is 3.35. The number of anilines is 1. The van der Waals surface area contributed by atoms with E-state index in [4.69, 9.17) is 4.74 Å². The number of ether oxygens (including phenoxy) is 1. The van der Waals surface area contributed by atoms with Crippen molar-refractivity contribution in [2.24, 2.45) is 0 Å². The van der Waals surface area contributed by atoms with Crippen LogP contribution < -0.4 is 5.32 Å². The molecular weight excluding hydrogens is 509 g/mol. The number of amides is 1. The van der Waals surface area contributed by atoms with Crippen LogP contribution in [0.15, 0.2) is 48.8 Å². The number of halogens is 3. The van der Waals surface area contributed by atoms with Crippen LogP contribution in [-0.2, 0) is 16.3 Å². The van der Waals surface area contributed by atoms with Crippen LogP contribution in [0.4, 0.5) is 18.9 Å². The quantitative estimate of drug-likeness (QED) is 0.497. The summed E-state index contributed by atoms with van der Waals surface area (Å²) in [5, 5.41) is 17.1. The largest absolute Gasteiger partial charge is 0.416 e. The van der Waals surface area contributed by atoms with Gasteiger partial charge < -0.3 is 10.1 Å². The maximum absolute atomic E-state index is 13.0. The summed E-state index contributed by atoms with van der Waals surface area (Å²) in [7, 11) is 0. The molecule has 0 bridgehead atoms. The zero-order chi connectivity index (χ0) is 27.6. The Labute approximate surface area is 224 Å². The van der Waals surface area contributed by atoms with Gasteiger partial charge in [0.05, 0.1) is 71.0 Å². The highest BCUT2D eigenvalue weighted by Crippen LogP contribution is 2.40. The maximum Gasteiger partial charge on any atom is 0.416 e. The molecule has 1 saturated carbocycles. The van der Waals surface area contributed by atoms with E-state index < -0.39 is 23.1 Å². The number of pyridine rings is 1. The molecular formula is C28H29F3N6O2. The zero-order valence-electron chi connectivity index (χ0n) is 21.5. The highest BCUT2D eigenvalue weighted by molar-refractivity contribution is 6.04. The van der Waals surface area contributed by atoms with Crippen molar-refractivity contribution in [3.8, 4) is 11.8 Å². The fourth-order valence-electron chi connectivity index (χ4n) is 5.46. The SMILES string of the molecule is Cc1c(C(=O)Nc2ccc([C@]3(C#N)CC[C@H](N4CCOCC4)CC3)nc2)cnn1-c1ccc(C(F)(F)F)cc1. The molecule has 5 rings (SSSR count). The summed E-state index contributed by atoms with van der Waals surface area (Å²) >= 11 is 0. The molecule has 204 valence electrons. The van der Waals surface area contributed by atoms with Crippen LogP contribution in [0, 0.1) is 18.3 Å². The van der Waals surface area contributed by atoms with Gasteiger partial charge >= 0.3 is 6.18 Å². The third-order valence-corrected chi connectivity index (χ3v) is 7.79. The lowest BCUT2D eigenvalue weighted by molar-refractivity contribution is -0.137. The fourth-order valence-corrected chi connectivity index (χ4v) is 5.46. The van der Waals surface area contributed by atoms with E-state index in [1.165, 1.54) is 23.0 Å². The first-order valence-corrected chi connectivity index (χ1v) is 12.9. The maximum atomic E-state index is 13.0. The highest BCUT2D eigenvalue weighted by atomic mass is 19.4. The molecule has 2 aliphatic rings. The molecule has 2 fully saturated rings. The fraction of sp³-hybridized carbons (Fsp3) is 0.429. The van der Waals surface area contributed by atoms with Crippen LogP contribution in [0.2, 0.25) is 0 Å². The molecule has 1 aromatic carbocycles. The number of aromatic nitrogens is 3. The monoisotopic (exact) mass is 538 g/mol. The molecule has 11 heteroatoms. The van der Waals surface area contributed by atoms with E-state index in [-0.39, 0.29) is 5.56 Å². The summed E-state index contributed by atoms with van der Waals surface area (Å²) in [5.41, 5.74) is 0.954. The summed E-state index contributed by atoms with van der Waals surface area (Å²) in [6.07, 6.45) is 1.81. The van der Waals surface area contributed by atoms with Crippen molar-refractivity contribution in [3.05, 3.63) is 71.3 Å². The standard InChI is InChI=1S/C28H29F3N6O2/c1-19-24(17-34-37(19)23-5-2-20(3-6-23)28(29,30)31)26(38)35-21-4-7-25(33-16-21)27(18-32)10-8-22(9-11-27)36-12-14-39-15-13-36/h2-7,16-17,22H,8-15H2,1H3,(H,35,38)/t22-,27+. The Bertz CT molecular complexity index is 1350. The zero-order valence-corrected chi connectivity index (χ0v) is 21.5. The number of nitrogens with one attached hydrogen (secondary N) is 1. The number of nitrogens with zero attached hydrogens (tertiary/aromatic N) is 5. The minimum absolute atomic E-state index is 0.286. The second kappa shape index (κ2) is 10.8. The molecule has 1 amide bonds. The first-order valence-electron chi connectivity index (χ1n) is 12.9. The number of hydrogen-bond donors (Lipinski definition) is 1. The van der Waals surface area contributed by atoms with Gasteiger partial charge in [0.2, 0.25) is 0 Å². The van der Waals surface area contributed by atoms with Crippen molar-refractivity contribution < 1.29 is 22.7 Å². The van der Waals surface area contributed by atoms with Crippen LogP contribution in [0.5, 0.6) is 0 Å². The third kappa shape index (κ3) is 5.53. The normalized spacial score (nSPS) is 22.3. The summed E-state index contributed by atoms with van der Waals surface area (Å²) in [5.74, 6) is -0.416. The van der Waals surface area contributed by atoms with Crippen LogP contribution in [-0.4, -0.2) is 57.9 Å². The number of carbonyl (C=O) groups excluding carboxylic acids is 1. The van der Waals surface area contributed by atoms with Crippen LogP contribution in [0.25, 0.3) is 5.69 Å². The molecule has 0 spiro atoms. The van der Waals surface area contributed by atoms with E-state index in [0.717, 1.165) is 64.1 Å². The number of carbonyl (C=O) groups is 1. The van der Waals surface area contributed by atoms with Gasteiger partial charge in [-0.1, -0.05) is 0 Å². The van der Waals surface area contributed by atoms with Crippen LogP contribution in [0.1, 0.15) is 53.0 Å². The molecule has 39 heavy (non-hydrogen) atoms. The first-order chi connectivity index (χ1) is 18.7. The topological polar surface area (TPSA) is 96.1 Å². The molecule has 0 radical (unpaired) electrons. The second-order valence-corrected chi connectivity index (χ2v) is 10.1. The van der Waals surface area contributed by atoms with E-state index in [9.17, 15) is 23.2 Å². The predicted molar refractivity (Wildman–Crippen MR) is 137 cm³/mol. The number of hydrogen-bond acceptors (Lipinski definition) is 6. The Balaban J connectivity index is 1.24. The number of benzene rings is 1. The minimum Gasteiger partial charge on any atom is -0.379 e. The molecule has 1 saturated heterocycles. The summed E-state index contributed by atoms with van der Waals surface area (Å²) < 4.78 is 45.5. The Hall–Kier alpha value is -3.75. The van der Waals surface area contributed by atoms with Crippen molar-refractivity contribution in [1.82, 2.24) is 19.7 Å². The molecule has 1 aliphatic heterocycles. The second-order valence-electron chi connectivity index (χ2n) is 10.1. The summed E-state index contributed by atoms with van der Waals surface area (Å²) in [4.78, 5) is 20.0. The predicted octanol–water partition coefficient (Wildman–Crippen LogP) is 4.88. The smallest absolute Gasteiger partial charge is 0.379 e. The van der Waals surface area contributed by atoms with E-state index in [1.807, 2.05) is 0 Å². The van der Waals surface area contributed by atoms with Crippen LogP contribution in [0.3, 0.4) is 0 Å². The molecule has 3 aromatic rings. The average molecular weight is 539 g/mol. The third-order valence-electron chi connectivity index (χ3n) is 7.79. The highest BCUT2D eigenvalue weighted by Gasteiger charge is 2.40. The van der Waals surface area contributed by atoms with Crippen molar-refractivity contribution in [1.29, 1.82) is 5.26 Å². The molecule has 0 atom stereocenters. The molecule has 2 aromatic heterocycles. The van der Waals surface area contributed by atoms with Gasteiger partial charge in [0.1, 0.15) is 0 Å². The van der Waals surface area contributed by atoms with E-state index in [1.54, 1.807) is 25.3 Å². The van der Waals surface area contributed by atoms with Gasteiger partial charge in [-0.2, -0.15) is 23.5 Å². The lowest BCUT2D eigenvalue weighted by Crippen LogP contribution is -2.47. The Kier molecular flexibility index (Phi) is 7.42. The molecule has 1 aliphatic carbocycles. The van der Waals surface area contributed by atoms with Crippen molar-refractivity contribution in [2.75, 3.05) is 31.6 Å². The van der Waals surface area contributed by atoms with Crippen molar-refractivity contribution in [3.63, 3.8) is 0 Å². The number of alkyl halides is 3. The van der Waals surface area contributed by atoms with Gasteiger partial charge in [-0.15, -0.1) is 0 Å². The molecule has 8 nitrogen and oxygen atoms in total. The van der Waals surface area contributed by atoms with E-state index >= 15 is 0 Å². The van der Waals surface area contributed by atoms with Crippen molar-refractivity contribution in [2.45, 2.75) is 50.2 Å². The van der Waals surface area contributed by atoms with Gasteiger partial charge in [-0.05, 0) is 69.0 Å². The Morgan fingerprint density at radius 3 is 2.38 bits per heavy atom. The van der Waals surface area contributed by atoms with Gasteiger partial charge in [-0.25, -0.2) is 4.68 Å². The van der Waals surface area contributed by atoms with Gasteiger partial charge in [0, 0.05) is 19.1 Å². The van der Waals surface area contributed by atoms with E-state index in [0.29, 0.717) is 28.8 Å². The minimum atomic E-state index is -4.43.